The van der Waals surface area contributed by atoms with Crippen molar-refractivity contribution in [1.82, 2.24) is 4.90 Å². The minimum Gasteiger partial charge on any atom is -0.480 e. The maximum Gasteiger partial charge on any atom is 0.320 e. The number of nitrogens with zero attached hydrogens (tertiary/aromatic N) is 1. The maximum atomic E-state index is 11.1. The van der Waals surface area contributed by atoms with E-state index in [0.717, 1.165) is 25.9 Å². The summed E-state index contributed by atoms with van der Waals surface area (Å²) in [5, 5.41) is 9.15. The van der Waals surface area contributed by atoms with Crippen LogP contribution in [-0.2, 0) is 9.53 Å². The van der Waals surface area contributed by atoms with Crippen LogP contribution in [0.2, 0.25) is 0 Å². The number of carboxylic acid groups (broad SMARTS) is 1. The number of carboxylic acids is 1. The van der Waals surface area contributed by atoms with Gasteiger partial charge in [0.1, 0.15) is 6.04 Å². The van der Waals surface area contributed by atoms with E-state index in [9.17, 15) is 4.79 Å². The first-order chi connectivity index (χ1) is 7.50. The summed E-state index contributed by atoms with van der Waals surface area (Å²) >= 11 is 0. The Labute approximate surface area is 97.6 Å². The normalized spacial score (nSPS) is 27.2. The Kier molecular flexibility index (Phi) is 5.22. The number of ether oxygens (including phenoxy) is 1. The molecule has 1 saturated heterocycles. The summed E-state index contributed by atoms with van der Waals surface area (Å²) in [5.41, 5.74) is 0. The Morgan fingerprint density at radius 2 is 2.25 bits per heavy atom. The fourth-order valence-corrected chi connectivity index (χ4v) is 2.12. The van der Waals surface area contributed by atoms with Gasteiger partial charge in [-0.15, -0.1) is 0 Å². The second kappa shape index (κ2) is 6.21. The van der Waals surface area contributed by atoms with Crippen molar-refractivity contribution in [3.05, 3.63) is 0 Å². The van der Waals surface area contributed by atoms with Crippen LogP contribution in [0.1, 0.15) is 33.6 Å². The molecule has 1 fully saturated rings. The van der Waals surface area contributed by atoms with E-state index in [2.05, 4.69) is 6.92 Å². The molecule has 16 heavy (non-hydrogen) atoms. The van der Waals surface area contributed by atoms with Crippen molar-refractivity contribution >= 4 is 5.97 Å². The van der Waals surface area contributed by atoms with Crippen LogP contribution in [0.4, 0.5) is 0 Å². The molecule has 0 amide bonds. The lowest BCUT2D eigenvalue weighted by Crippen LogP contribution is -2.48. The molecular weight excluding hydrogens is 206 g/mol. The SMILES string of the molecule is CC1CCN(CCOC(C)C)C(C(=O)O)C1. The van der Waals surface area contributed by atoms with Crippen molar-refractivity contribution in [2.75, 3.05) is 19.7 Å². The summed E-state index contributed by atoms with van der Waals surface area (Å²) in [5.74, 6) is -0.181. The summed E-state index contributed by atoms with van der Waals surface area (Å²) in [4.78, 5) is 13.2. The Morgan fingerprint density at radius 3 is 2.81 bits per heavy atom. The summed E-state index contributed by atoms with van der Waals surface area (Å²) in [6, 6.07) is -0.320. The number of piperidine rings is 1. The summed E-state index contributed by atoms with van der Waals surface area (Å²) in [7, 11) is 0. The van der Waals surface area contributed by atoms with Crippen LogP contribution in [0.25, 0.3) is 0 Å². The van der Waals surface area contributed by atoms with Gasteiger partial charge < -0.3 is 9.84 Å². The van der Waals surface area contributed by atoms with E-state index in [0.29, 0.717) is 12.5 Å². The van der Waals surface area contributed by atoms with Crippen molar-refractivity contribution in [1.29, 1.82) is 0 Å². The lowest BCUT2D eigenvalue weighted by atomic mass is 9.92. The molecule has 1 rings (SSSR count). The lowest BCUT2D eigenvalue weighted by Gasteiger charge is -2.35. The highest BCUT2D eigenvalue weighted by atomic mass is 16.5. The molecule has 0 aromatic carbocycles. The van der Waals surface area contributed by atoms with Crippen molar-refractivity contribution in [2.24, 2.45) is 5.92 Å². The summed E-state index contributed by atoms with van der Waals surface area (Å²) in [6.45, 7) is 8.33. The highest BCUT2D eigenvalue weighted by molar-refractivity contribution is 5.73. The smallest absolute Gasteiger partial charge is 0.320 e. The Bertz CT molecular complexity index is 230. The molecule has 0 aromatic rings. The van der Waals surface area contributed by atoms with Gasteiger partial charge in [0.05, 0.1) is 12.7 Å². The zero-order valence-electron chi connectivity index (χ0n) is 10.5. The molecule has 1 heterocycles. The van der Waals surface area contributed by atoms with Crippen molar-refractivity contribution in [2.45, 2.75) is 45.8 Å². The van der Waals surface area contributed by atoms with Crippen LogP contribution in [0, 0.1) is 5.92 Å². The lowest BCUT2D eigenvalue weighted by molar-refractivity contribution is -0.145. The minimum absolute atomic E-state index is 0.215. The van der Waals surface area contributed by atoms with Crippen LogP contribution < -0.4 is 0 Å². The van der Waals surface area contributed by atoms with Gasteiger partial charge in [0.2, 0.25) is 0 Å². The van der Waals surface area contributed by atoms with Gasteiger partial charge in [0.25, 0.3) is 0 Å². The van der Waals surface area contributed by atoms with Crippen LogP contribution in [0.5, 0.6) is 0 Å². The van der Waals surface area contributed by atoms with E-state index in [1.54, 1.807) is 0 Å². The van der Waals surface area contributed by atoms with Crippen LogP contribution in [0.3, 0.4) is 0 Å². The number of carbonyl (C=O) groups is 1. The van der Waals surface area contributed by atoms with Gasteiger partial charge in [-0.25, -0.2) is 0 Å². The van der Waals surface area contributed by atoms with Gasteiger partial charge in [-0.1, -0.05) is 6.92 Å². The molecule has 0 spiro atoms. The molecule has 4 heteroatoms. The van der Waals surface area contributed by atoms with Crippen LogP contribution in [0.15, 0.2) is 0 Å². The average Bonchev–Trinajstić information content (AvgIpc) is 2.19. The highest BCUT2D eigenvalue weighted by Crippen LogP contribution is 2.22. The zero-order valence-corrected chi connectivity index (χ0v) is 10.5. The second-order valence-electron chi connectivity index (χ2n) is 4.94. The summed E-state index contributed by atoms with van der Waals surface area (Å²) in [6.07, 6.45) is 2.06. The third-order valence-electron chi connectivity index (χ3n) is 3.09. The van der Waals surface area contributed by atoms with Gasteiger partial charge in [0.15, 0.2) is 0 Å². The van der Waals surface area contributed by atoms with Crippen molar-refractivity contribution < 1.29 is 14.6 Å². The first kappa shape index (κ1) is 13.5. The first-order valence-electron chi connectivity index (χ1n) is 6.09. The van der Waals surface area contributed by atoms with Gasteiger partial charge in [0, 0.05) is 6.54 Å². The highest BCUT2D eigenvalue weighted by Gasteiger charge is 2.31. The quantitative estimate of drug-likeness (QED) is 0.778. The first-order valence-corrected chi connectivity index (χ1v) is 6.09. The van der Waals surface area contributed by atoms with Gasteiger partial charge in [-0.05, 0) is 39.2 Å². The standard InChI is InChI=1S/C12H23NO3/c1-9(2)16-7-6-13-5-4-10(3)8-11(13)12(14)15/h9-11H,4-8H2,1-3H3,(H,14,15). The van der Waals surface area contributed by atoms with E-state index < -0.39 is 5.97 Å². The molecule has 0 aromatic heterocycles. The van der Waals surface area contributed by atoms with Crippen LogP contribution >= 0.6 is 0 Å². The number of rotatable bonds is 5. The van der Waals surface area contributed by atoms with Gasteiger partial charge >= 0.3 is 5.97 Å². The maximum absolute atomic E-state index is 11.1. The van der Waals surface area contributed by atoms with Gasteiger partial charge in [-0.2, -0.15) is 0 Å². The topological polar surface area (TPSA) is 49.8 Å². The van der Waals surface area contributed by atoms with E-state index in [4.69, 9.17) is 9.84 Å². The average molecular weight is 229 g/mol. The molecule has 1 aliphatic heterocycles. The Hall–Kier alpha value is -0.610. The fraction of sp³-hybridized carbons (Fsp3) is 0.917. The molecule has 94 valence electrons. The molecule has 2 atom stereocenters. The minimum atomic E-state index is -0.698. The molecule has 1 N–H and O–H groups in total. The molecular formula is C12H23NO3. The van der Waals surface area contributed by atoms with E-state index in [1.165, 1.54) is 0 Å². The third-order valence-corrected chi connectivity index (χ3v) is 3.09. The zero-order chi connectivity index (χ0) is 12.1. The number of aliphatic carboxylic acids is 1. The van der Waals surface area contributed by atoms with E-state index >= 15 is 0 Å². The summed E-state index contributed by atoms with van der Waals surface area (Å²) < 4.78 is 5.46. The van der Waals surface area contributed by atoms with Crippen molar-refractivity contribution in [3.8, 4) is 0 Å². The van der Waals surface area contributed by atoms with E-state index in [1.807, 2.05) is 18.7 Å². The molecule has 0 aliphatic carbocycles. The Morgan fingerprint density at radius 1 is 1.56 bits per heavy atom. The molecule has 4 nitrogen and oxygen atoms in total. The van der Waals surface area contributed by atoms with Gasteiger partial charge in [-0.3, -0.25) is 9.69 Å². The predicted molar refractivity (Wildman–Crippen MR) is 62.5 cm³/mol. The number of hydrogen-bond donors (Lipinski definition) is 1. The molecule has 0 saturated carbocycles. The van der Waals surface area contributed by atoms with Crippen LogP contribution in [-0.4, -0.2) is 47.8 Å². The molecule has 0 radical (unpaired) electrons. The monoisotopic (exact) mass is 229 g/mol. The number of hydrogen-bond acceptors (Lipinski definition) is 3. The molecule has 1 aliphatic rings. The largest absolute Gasteiger partial charge is 0.480 e. The molecule has 2 unspecified atom stereocenters. The third kappa shape index (κ3) is 4.10. The fourth-order valence-electron chi connectivity index (χ4n) is 2.12. The Balaban J connectivity index is 2.40. The van der Waals surface area contributed by atoms with E-state index in [-0.39, 0.29) is 12.1 Å². The molecule has 0 bridgehead atoms. The predicted octanol–water partition coefficient (Wildman–Crippen LogP) is 1.60. The number of likely N-dealkylation sites (tertiary alicyclic amines) is 1. The van der Waals surface area contributed by atoms with Crippen molar-refractivity contribution in [3.63, 3.8) is 0 Å². The second-order valence-corrected chi connectivity index (χ2v) is 4.94.